The van der Waals surface area contributed by atoms with Gasteiger partial charge in [-0.15, -0.1) is 0 Å². The number of carboxylic acid groups (broad SMARTS) is 1. The van der Waals surface area contributed by atoms with Crippen LogP contribution in [-0.4, -0.2) is 20.9 Å². The molecule has 4 rings (SSSR count). The second-order valence-electron chi connectivity index (χ2n) is 8.60. The van der Waals surface area contributed by atoms with Crippen molar-refractivity contribution in [2.45, 2.75) is 39.0 Å². The Morgan fingerprint density at radius 2 is 1.76 bits per heavy atom. The molecule has 1 aromatic heterocycles. The number of benzene rings is 3. The Morgan fingerprint density at radius 3 is 2.44 bits per heavy atom. The number of nitrogens with zero attached hydrogens (tertiary/aromatic N) is 2. The Kier molecular flexibility index (Phi) is 7.13. The number of halogens is 2. The highest BCUT2D eigenvalue weighted by atomic mass is 35.5. The van der Waals surface area contributed by atoms with Gasteiger partial charge in [0, 0.05) is 22.6 Å². The van der Waals surface area contributed by atoms with Gasteiger partial charge in [0.25, 0.3) is 0 Å². The van der Waals surface area contributed by atoms with Crippen LogP contribution in [0.2, 0.25) is 5.02 Å². The van der Waals surface area contributed by atoms with Gasteiger partial charge in [-0.25, -0.2) is 9.07 Å². The number of hydrogen-bond donors (Lipinski definition) is 1. The van der Waals surface area contributed by atoms with Crippen molar-refractivity contribution in [1.82, 2.24) is 9.78 Å². The largest absolute Gasteiger partial charge is 0.481 e. The minimum Gasteiger partial charge on any atom is -0.481 e. The number of aromatic nitrogens is 2. The van der Waals surface area contributed by atoms with Gasteiger partial charge in [-0.05, 0) is 66.3 Å². The van der Waals surface area contributed by atoms with E-state index in [0.717, 1.165) is 22.5 Å². The number of rotatable bonds is 8. The van der Waals surface area contributed by atoms with Crippen molar-refractivity contribution in [2.75, 3.05) is 0 Å². The van der Waals surface area contributed by atoms with Gasteiger partial charge in [0.15, 0.2) is 0 Å². The van der Waals surface area contributed by atoms with Crippen molar-refractivity contribution in [3.05, 3.63) is 94.8 Å². The molecule has 0 atom stereocenters. The summed E-state index contributed by atoms with van der Waals surface area (Å²) in [4.78, 5) is 11.0. The van der Waals surface area contributed by atoms with Crippen LogP contribution in [0.15, 0.2) is 72.8 Å². The van der Waals surface area contributed by atoms with Crippen molar-refractivity contribution in [3.63, 3.8) is 0 Å². The molecule has 0 amide bonds. The summed E-state index contributed by atoms with van der Waals surface area (Å²) < 4.78 is 16.1. The summed E-state index contributed by atoms with van der Waals surface area (Å²) >= 11 is 6.54. The van der Waals surface area contributed by atoms with Crippen molar-refractivity contribution < 1.29 is 14.3 Å². The Balaban J connectivity index is 1.84. The molecule has 174 valence electrons. The lowest BCUT2D eigenvalue weighted by molar-refractivity contribution is -0.137. The molecule has 0 fully saturated rings. The van der Waals surface area contributed by atoms with Crippen LogP contribution in [0.5, 0.6) is 0 Å². The van der Waals surface area contributed by atoms with E-state index in [2.05, 4.69) is 26.0 Å². The van der Waals surface area contributed by atoms with Crippen LogP contribution in [0.25, 0.3) is 28.2 Å². The fraction of sp³-hybridized carbons (Fsp3) is 0.214. The summed E-state index contributed by atoms with van der Waals surface area (Å²) in [6.45, 7) is 4.29. The minimum atomic E-state index is -0.848. The molecule has 1 heterocycles. The molecule has 3 aromatic carbocycles. The third-order valence-corrected chi connectivity index (χ3v) is 6.18. The molecule has 0 saturated heterocycles. The molecule has 0 unspecified atom stereocenters. The summed E-state index contributed by atoms with van der Waals surface area (Å²) in [5, 5.41) is 14.5. The Hall–Kier alpha value is -3.44. The first kappa shape index (κ1) is 23.7. The highest BCUT2D eigenvalue weighted by molar-refractivity contribution is 6.33. The Bertz CT molecular complexity index is 1310. The number of aryl methyl sites for hydroxylation is 1. The highest BCUT2D eigenvalue weighted by Gasteiger charge is 2.18. The maximum atomic E-state index is 14.3. The Morgan fingerprint density at radius 1 is 1.03 bits per heavy atom. The van der Waals surface area contributed by atoms with Crippen LogP contribution in [-0.2, 0) is 11.2 Å². The van der Waals surface area contributed by atoms with E-state index >= 15 is 0 Å². The van der Waals surface area contributed by atoms with Gasteiger partial charge in [-0.2, -0.15) is 5.10 Å². The fourth-order valence-electron chi connectivity index (χ4n) is 4.01. The predicted molar refractivity (Wildman–Crippen MR) is 134 cm³/mol. The maximum absolute atomic E-state index is 14.3. The fourth-order valence-corrected chi connectivity index (χ4v) is 4.24. The van der Waals surface area contributed by atoms with Crippen molar-refractivity contribution in [1.29, 1.82) is 0 Å². The van der Waals surface area contributed by atoms with Crippen LogP contribution >= 0.6 is 11.6 Å². The number of hydrogen-bond acceptors (Lipinski definition) is 2. The molecule has 1 N–H and O–H groups in total. The van der Waals surface area contributed by atoms with Crippen molar-refractivity contribution in [3.8, 4) is 28.2 Å². The standard InChI is InChI=1S/C28H26ClFN2O2/c1-18(2)19-11-14-22(15-12-19)32-27(23-7-3-4-8-25(23)29)17-26(31-32)24-16-21(30)13-10-20(24)6-5-9-28(33)34/h3-4,7-8,10-18H,5-6,9H2,1-2H3,(H,33,34). The molecule has 0 aliphatic heterocycles. The van der Waals surface area contributed by atoms with E-state index in [9.17, 15) is 9.18 Å². The van der Waals surface area contributed by atoms with Gasteiger partial charge in [0.1, 0.15) is 5.82 Å². The third-order valence-electron chi connectivity index (χ3n) is 5.85. The summed E-state index contributed by atoms with van der Waals surface area (Å²) in [5.41, 5.74) is 5.81. The van der Waals surface area contributed by atoms with E-state index in [-0.39, 0.29) is 12.2 Å². The second kappa shape index (κ2) is 10.2. The zero-order chi connectivity index (χ0) is 24.2. The van der Waals surface area contributed by atoms with Gasteiger partial charge in [0.2, 0.25) is 0 Å². The average molecular weight is 477 g/mol. The molecular formula is C28H26ClFN2O2. The molecule has 4 aromatic rings. The topological polar surface area (TPSA) is 55.1 Å². The lowest BCUT2D eigenvalue weighted by Crippen LogP contribution is -2.01. The number of aliphatic carboxylic acids is 1. The second-order valence-corrected chi connectivity index (χ2v) is 9.01. The zero-order valence-corrected chi connectivity index (χ0v) is 19.9. The zero-order valence-electron chi connectivity index (χ0n) is 19.1. The number of carboxylic acids is 1. The summed E-state index contributed by atoms with van der Waals surface area (Å²) in [5.74, 6) is -0.808. The SMILES string of the molecule is CC(C)c1ccc(-n2nc(-c3cc(F)ccc3CCCC(=O)O)cc2-c2ccccc2Cl)cc1. The lowest BCUT2D eigenvalue weighted by atomic mass is 9.99. The van der Waals surface area contributed by atoms with Crippen LogP contribution in [0, 0.1) is 5.82 Å². The van der Waals surface area contributed by atoms with Gasteiger partial charge in [-0.1, -0.05) is 61.8 Å². The molecule has 6 heteroatoms. The smallest absolute Gasteiger partial charge is 0.303 e. The van der Waals surface area contributed by atoms with E-state index in [1.165, 1.54) is 17.7 Å². The molecule has 0 bridgehead atoms. The molecule has 4 nitrogen and oxygen atoms in total. The van der Waals surface area contributed by atoms with Gasteiger partial charge >= 0.3 is 5.97 Å². The maximum Gasteiger partial charge on any atom is 0.303 e. The van der Waals surface area contributed by atoms with E-state index in [0.29, 0.717) is 35.0 Å². The summed E-state index contributed by atoms with van der Waals surface area (Å²) in [6, 6.07) is 22.2. The molecule has 0 saturated carbocycles. The first-order valence-corrected chi connectivity index (χ1v) is 11.7. The summed E-state index contributed by atoms with van der Waals surface area (Å²) in [6.07, 6.45) is 1.03. The van der Waals surface area contributed by atoms with Gasteiger partial charge in [-0.3, -0.25) is 4.79 Å². The van der Waals surface area contributed by atoms with E-state index in [1.807, 2.05) is 47.1 Å². The summed E-state index contributed by atoms with van der Waals surface area (Å²) in [7, 11) is 0. The predicted octanol–water partition coefficient (Wildman–Crippen LogP) is 7.53. The molecule has 0 spiro atoms. The van der Waals surface area contributed by atoms with Crippen LogP contribution < -0.4 is 0 Å². The van der Waals surface area contributed by atoms with Gasteiger partial charge < -0.3 is 5.11 Å². The highest BCUT2D eigenvalue weighted by Crippen LogP contribution is 2.34. The van der Waals surface area contributed by atoms with Gasteiger partial charge in [0.05, 0.1) is 17.1 Å². The molecule has 0 aliphatic rings. The normalized spacial score (nSPS) is 11.2. The van der Waals surface area contributed by atoms with E-state index in [4.69, 9.17) is 21.8 Å². The Labute approximate surface area is 203 Å². The minimum absolute atomic E-state index is 0.0539. The van der Waals surface area contributed by atoms with Crippen molar-refractivity contribution in [2.24, 2.45) is 0 Å². The van der Waals surface area contributed by atoms with Crippen LogP contribution in [0.1, 0.15) is 43.7 Å². The molecular weight excluding hydrogens is 451 g/mol. The third kappa shape index (κ3) is 5.20. The molecule has 34 heavy (non-hydrogen) atoms. The number of carbonyl (C=O) groups is 1. The van der Waals surface area contributed by atoms with E-state index in [1.54, 1.807) is 6.07 Å². The average Bonchev–Trinajstić information content (AvgIpc) is 3.25. The first-order valence-electron chi connectivity index (χ1n) is 11.3. The lowest BCUT2D eigenvalue weighted by Gasteiger charge is -2.11. The molecule has 0 radical (unpaired) electrons. The van der Waals surface area contributed by atoms with Crippen LogP contribution in [0.3, 0.4) is 0 Å². The molecule has 0 aliphatic carbocycles. The van der Waals surface area contributed by atoms with Crippen LogP contribution in [0.4, 0.5) is 4.39 Å². The monoisotopic (exact) mass is 476 g/mol. The van der Waals surface area contributed by atoms with Crippen molar-refractivity contribution >= 4 is 17.6 Å². The quantitative estimate of drug-likeness (QED) is 0.286. The van der Waals surface area contributed by atoms with E-state index < -0.39 is 5.97 Å². The first-order chi connectivity index (χ1) is 16.3.